The van der Waals surface area contributed by atoms with Gasteiger partial charge in [0.2, 0.25) is 0 Å². The Labute approximate surface area is 116 Å². The predicted molar refractivity (Wildman–Crippen MR) is 73.6 cm³/mol. The number of carbonyl (C=O) groups is 1. The highest BCUT2D eigenvalue weighted by atomic mass is 32.1. The number of halogens is 1. The Morgan fingerprint density at radius 1 is 1.47 bits per heavy atom. The fraction of sp³-hybridized carbons (Fsp3) is 0.385. The standard InChI is InChI=1S/C13H16FNO3S/c1-2-3-7-17-11(16)8-18-10-6-4-5-9(14)12(10)13(15)19/h4-6H,2-3,7-8H2,1H3,(H2,15,19). The van der Waals surface area contributed by atoms with E-state index in [2.05, 4.69) is 0 Å². The van der Waals surface area contributed by atoms with E-state index in [9.17, 15) is 9.18 Å². The minimum Gasteiger partial charge on any atom is -0.481 e. The number of thiocarbonyl (C=S) groups is 1. The molecule has 0 saturated heterocycles. The van der Waals surface area contributed by atoms with Gasteiger partial charge in [-0.3, -0.25) is 0 Å². The molecule has 104 valence electrons. The number of ether oxygens (including phenoxy) is 2. The lowest BCUT2D eigenvalue weighted by molar-refractivity contribution is -0.146. The minimum absolute atomic E-state index is 0.00106. The van der Waals surface area contributed by atoms with Gasteiger partial charge in [-0.25, -0.2) is 9.18 Å². The van der Waals surface area contributed by atoms with Crippen LogP contribution in [0.4, 0.5) is 4.39 Å². The minimum atomic E-state index is -0.579. The highest BCUT2D eigenvalue weighted by Crippen LogP contribution is 2.21. The third kappa shape index (κ3) is 4.82. The van der Waals surface area contributed by atoms with E-state index in [1.165, 1.54) is 18.2 Å². The third-order valence-electron chi connectivity index (χ3n) is 2.33. The van der Waals surface area contributed by atoms with Crippen molar-refractivity contribution in [1.29, 1.82) is 0 Å². The van der Waals surface area contributed by atoms with Crippen molar-refractivity contribution < 1.29 is 18.7 Å². The number of benzene rings is 1. The Morgan fingerprint density at radius 2 is 2.21 bits per heavy atom. The second-order valence-electron chi connectivity index (χ2n) is 3.84. The quantitative estimate of drug-likeness (QED) is 0.472. The first-order valence-electron chi connectivity index (χ1n) is 5.93. The van der Waals surface area contributed by atoms with Crippen molar-refractivity contribution in [1.82, 2.24) is 0 Å². The molecule has 1 aromatic carbocycles. The SMILES string of the molecule is CCCCOC(=O)COc1cccc(F)c1C(N)=S. The normalized spacial score (nSPS) is 10.0. The first-order chi connectivity index (χ1) is 9.06. The lowest BCUT2D eigenvalue weighted by atomic mass is 10.2. The van der Waals surface area contributed by atoms with Crippen LogP contribution < -0.4 is 10.5 Å². The van der Waals surface area contributed by atoms with Crippen molar-refractivity contribution in [3.05, 3.63) is 29.6 Å². The van der Waals surface area contributed by atoms with Crippen LogP contribution in [-0.2, 0) is 9.53 Å². The molecule has 0 aliphatic carbocycles. The molecule has 0 heterocycles. The molecule has 0 spiro atoms. The zero-order chi connectivity index (χ0) is 14.3. The molecular formula is C13H16FNO3S. The number of carbonyl (C=O) groups excluding carboxylic acids is 1. The van der Waals surface area contributed by atoms with Crippen molar-refractivity contribution in [2.75, 3.05) is 13.2 Å². The topological polar surface area (TPSA) is 61.5 Å². The number of nitrogens with two attached hydrogens (primary N) is 1. The van der Waals surface area contributed by atoms with Gasteiger partial charge in [-0.15, -0.1) is 0 Å². The molecule has 0 radical (unpaired) electrons. The molecule has 19 heavy (non-hydrogen) atoms. The van der Waals surface area contributed by atoms with Crippen LogP contribution in [0.1, 0.15) is 25.3 Å². The molecule has 0 amide bonds. The summed E-state index contributed by atoms with van der Waals surface area (Å²) in [5.41, 5.74) is 5.41. The van der Waals surface area contributed by atoms with Crippen molar-refractivity contribution >= 4 is 23.2 Å². The Bertz CT molecular complexity index is 465. The van der Waals surface area contributed by atoms with Gasteiger partial charge in [0.05, 0.1) is 12.2 Å². The molecule has 0 saturated carbocycles. The van der Waals surface area contributed by atoms with E-state index in [0.717, 1.165) is 12.8 Å². The van der Waals surface area contributed by atoms with Crippen LogP contribution in [0, 0.1) is 5.82 Å². The molecule has 2 N–H and O–H groups in total. The molecule has 0 fully saturated rings. The Morgan fingerprint density at radius 3 is 2.84 bits per heavy atom. The fourth-order valence-corrected chi connectivity index (χ4v) is 1.57. The van der Waals surface area contributed by atoms with Gasteiger partial charge in [0.15, 0.2) is 6.61 Å². The average Bonchev–Trinajstić information content (AvgIpc) is 2.36. The second kappa shape index (κ2) is 7.68. The maximum absolute atomic E-state index is 13.5. The van der Waals surface area contributed by atoms with E-state index in [1.807, 2.05) is 6.92 Å². The van der Waals surface area contributed by atoms with Crippen LogP contribution >= 0.6 is 12.2 Å². The highest BCUT2D eigenvalue weighted by Gasteiger charge is 2.13. The molecule has 0 aromatic heterocycles. The molecule has 0 aliphatic heterocycles. The first kappa shape index (κ1) is 15.4. The van der Waals surface area contributed by atoms with Crippen LogP contribution in [0.3, 0.4) is 0 Å². The van der Waals surface area contributed by atoms with Gasteiger partial charge in [0.1, 0.15) is 16.6 Å². The van der Waals surface area contributed by atoms with Crippen LogP contribution in [-0.4, -0.2) is 24.2 Å². The van der Waals surface area contributed by atoms with Gasteiger partial charge < -0.3 is 15.2 Å². The monoisotopic (exact) mass is 285 g/mol. The number of esters is 1. The van der Waals surface area contributed by atoms with E-state index in [0.29, 0.717) is 6.61 Å². The molecule has 0 aliphatic rings. The molecule has 4 nitrogen and oxygen atoms in total. The van der Waals surface area contributed by atoms with E-state index >= 15 is 0 Å². The maximum Gasteiger partial charge on any atom is 0.344 e. The van der Waals surface area contributed by atoms with E-state index in [1.54, 1.807) is 0 Å². The van der Waals surface area contributed by atoms with E-state index in [4.69, 9.17) is 27.4 Å². The first-order valence-corrected chi connectivity index (χ1v) is 6.33. The molecule has 0 atom stereocenters. The second-order valence-corrected chi connectivity index (χ2v) is 4.28. The van der Waals surface area contributed by atoms with Gasteiger partial charge in [-0.05, 0) is 18.6 Å². The third-order valence-corrected chi connectivity index (χ3v) is 2.53. The number of hydrogen-bond donors (Lipinski definition) is 1. The van der Waals surface area contributed by atoms with E-state index < -0.39 is 11.8 Å². The number of hydrogen-bond acceptors (Lipinski definition) is 4. The lowest BCUT2D eigenvalue weighted by Gasteiger charge is -2.11. The van der Waals surface area contributed by atoms with Crippen LogP contribution in [0.15, 0.2) is 18.2 Å². The summed E-state index contributed by atoms with van der Waals surface area (Å²) in [6.45, 7) is 2.04. The van der Waals surface area contributed by atoms with Gasteiger partial charge in [0.25, 0.3) is 0 Å². The molecule has 6 heteroatoms. The summed E-state index contributed by atoms with van der Waals surface area (Å²) in [6, 6.07) is 4.17. The van der Waals surface area contributed by atoms with Crippen LogP contribution in [0.25, 0.3) is 0 Å². The molecular weight excluding hydrogens is 269 g/mol. The summed E-state index contributed by atoms with van der Waals surface area (Å²) in [5, 5.41) is 0. The maximum atomic E-state index is 13.5. The van der Waals surface area contributed by atoms with Crippen LogP contribution in [0.2, 0.25) is 0 Å². The largest absolute Gasteiger partial charge is 0.481 e. The van der Waals surface area contributed by atoms with Crippen LogP contribution in [0.5, 0.6) is 5.75 Å². The average molecular weight is 285 g/mol. The fourth-order valence-electron chi connectivity index (χ4n) is 1.37. The highest BCUT2D eigenvalue weighted by molar-refractivity contribution is 7.80. The van der Waals surface area contributed by atoms with Crippen molar-refractivity contribution in [2.24, 2.45) is 5.73 Å². The predicted octanol–water partition coefficient (Wildman–Crippen LogP) is 2.18. The molecule has 1 rings (SSSR count). The van der Waals surface area contributed by atoms with Crippen molar-refractivity contribution in [3.8, 4) is 5.75 Å². The summed E-state index contributed by atoms with van der Waals surface area (Å²) < 4.78 is 23.6. The molecule has 1 aromatic rings. The molecule has 0 unspecified atom stereocenters. The number of unbranched alkanes of at least 4 members (excludes halogenated alkanes) is 1. The van der Waals surface area contributed by atoms with Gasteiger partial charge >= 0.3 is 5.97 Å². The molecule has 0 bridgehead atoms. The Hall–Kier alpha value is -1.69. The number of rotatable bonds is 7. The summed E-state index contributed by atoms with van der Waals surface area (Å²) in [7, 11) is 0. The smallest absolute Gasteiger partial charge is 0.344 e. The summed E-state index contributed by atoms with van der Waals surface area (Å²) in [6.07, 6.45) is 1.73. The summed E-state index contributed by atoms with van der Waals surface area (Å²) in [5.74, 6) is -0.948. The van der Waals surface area contributed by atoms with Gasteiger partial charge in [-0.1, -0.05) is 31.6 Å². The zero-order valence-corrected chi connectivity index (χ0v) is 11.5. The Kier molecular flexibility index (Phi) is 6.21. The van der Waals surface area contributed by atoms with Crippen molar-refractivity contribution in [2.45, 2.75) is 19.8 Å². The van der Waals surface area contributed by atoms with Gasteiger partial charge in [0, 0.05) is 0 Å². The Balaban J connectivity index is 2.60. The summed E-state index contributed by atoms with van der Waals surface area (Å²) in [4.78, 5) is 11.2. The summed E-state index contributed by atoms with van der Waals surface area (Å²) >= 11 is 4.74. The van der Waals surface area contributed by atoms with E-state index in [-0.39, 0.29) is 22.9 Å². The van der Waals surface area contributed by atoms with Crippen molar-refractivity contribution in [3.63, 3.8) is 0 Å². The van der Waals surface area contributed by atoms with Gasteiger partial charge in [-0.2, -0.15) is 0 Å². The zero-order valence-electron chi connectivity index (χ0n) is 10.6. The lowest BCUT2D eigenvalue weighted by Crippen LogP contribution is -2.19.